The van der Waals surface area contributed by atoms with Gasteiger partial charge in [0.15, 0.2) is 5.65 Å². The van der Waals surface area contributed by atoms with Crippen molar-refractivity contribution in [2.75, 3.05) is 37.1 Å². The molecule has 4 aromatic rings. The molecular formula is C17H16N8O3S. The van der Waals surface area contributed by atoms with E-state index in [9.17, 15) is 5.11 Å². The van der Waals surface area contributed by atoms with Crippen LogP contribution in [0.2, 0.25) is 0 Å². The largest absolute Gasteiger partial charge is 0.861 e. The molecule has 148 valence electrons. The van der Waals surface area contributed by atoms with Crippen molar-refractivity contribution in [2.45, 2.75) is 5.16 Å². The molecule has 0 amide bonds. The van der Waals surface area contributed by atoms with E-state index < -0.39 is 0 Å². The lowest BCUT2D eigenvalue weighted by molar-refractivity contribution is -0.759. The van der Waals surface area contributed by atoms with E-state index in [1.807, 2.05) is 29.3 Å². The molecule has 5 rings (SSSR count). The Kier molecular flexibility index (Phi) is 4.69. The molecule has 0 aliphatic carbocycles. The van der Waals surface area contributed by atoms with E-state index in [1.165, 1.54) is 0 Å². The summed E-state index contributed by atoms with van der Waals surface area (Å²) < 4.78 is 10.4. The summed E-state index contributed by atoms with van der Waals surface area (Å²) in [5, 5.41) is 27.7. The number of H-pyrrole nitrogens is 1. The van der Waals surface area contributed by atoms with Crippen LogP contribution in [0.5, 0.6) is 0 Å². The number of nitrogens with one attached hydrogen (secondary N) is 1. The quantitative estimate of drug-likeness (QED) is 0.207. The minimum atomic E-state index is -0.374. The second-order valence-electron chi connectivity index (χ2n) is 6.28. The average molecular weight is 412 g/mol. The van der Waals surface area contributed by atoms with Gasteiger partial charge in [-0.05, 0) is 12.0 Å². The number of aliphatic imine (C=N–C) groups is 1. The maximum Gasteiger partial charge on any atom is 0.324 e. The fourth-order valence-electron chi connectivity index (χ4n) is 3.02. The number of aromatic nitrogens is 6. The summed E-state index contributed by atoms with van der Waals surface area (Å²) in [4.78, 5) is 13.1. The lowest BCUT2D eigenvalue weighted by atomic mass is 10.2. The van der Waals surface area contributed by atoms with Crippen molar-refractivity contribution in [1.82, 2.24) is 25.4 Å². The molecule has 0 unspecified atom stereocenters. The van der Waals surface area contributed by atoms with Crippen LogP contribution in [-0.2, 0) is 4.74 Å². The van der Waals surface area contributed by atoms with Crippen LogP contribution in [0.25, 0.3) is 22.1 Å². The number of hydrogen-bond donors (Lipinski definition) is 1. The van der Waals surface area contributed by atoms with Gasteiger partial charge < -0.3 is 14.8 Å². The SMILES string of the molecule is [O-]/C(CSc1nnc2c(n1)[nH]c1ccccc12)=N/c1c[n+](N2CCOCC2)no1. The molecule has 4 heterocycles. The highest BCUT2D eigenvalue weighted by molar-refractivity contribution is 7.99. The zero-order valence-corrected chi connectivity index (χ0v) is 16.0. The summed E-state index contributed by atoms with van der Waals surface area (Å²) in [5.41, 5.74) is 2.28. The minimum Gasteiger partial charge on any atom is -0.861 e. The van der Waals surface area contributed by atoms with Gasteiger partial charge in [-0.2, -0.15) is 0 Å². The second-order valence-corrected chi connectivity index (χ2v) is 7.23. The normalized spacial score (nSPS) is 15.4. The third-order valence-corrected chi connectivity index (χ3v) is 5.21. The molecule has 12 heteroatoms. The number of benzene rings is 1. The van der Waals surface area contributed by atoms with Crippen molar-refractivity contribution >= 4 is 45.6 Å². The van der Waals surface area contributed by atoms with Crippen LogP contribution in [0, 0.1) is 0 Å². The van der Waals surface area contributed by atoms with E-state index in [-0.39, 0.29) is 17.5 Å². The Morgan fingerprint density at radius 3 is 3.03 bits per heavy atom. The zero-order chi connectivity index (χ0) is 19.6. The first-order valence-electron chi connectivity index (χ1n) is 8.96. The maximum absolute atomic E-state index is 12.2. The van der Waals surface area contributed by atoms with E-state index in [0.717, 1.165) is 22.7 Å². The van der Waals surface area contributed by atoms with Crippen molar-refractivity contribution in [3.05, 3.63) is 30.5 Å². The highest BCUT2D eigenvalue weighted by atomic mass is 32.2. The Labute approximate surface area is 168 Å². The highest BCUT2D eigenvalue weighted by Gasteiger charge is 2.22. The number of rotatable bonds is 5. The zero-order valence-electron chi connectivity index (χ0n) is 15.2. The first kappa shape index (κ1) is 17.8. The van der Waals surface area contributed by atoms with Crippen LogP contribution < -0.4 is 14.9 Å². The van der Waals surface area contributed by atoms with Gasteiger partial charge in [0, 0.05) is 16.7 Å². The molecule has 1 aliphatic heterocycles. The summed E-state index contributed by atoms with van der Waals surface area (Å²) in [5.74, 6) is -0.168. The molecule has 1 aromatic carbocycles. The molecule has 1 fully saturated rings. The van der Waals surface area contributed by atoms with Gasteiger partial charge in [0.25, 0.3) is 6.20 Å². The molecule has 0 bridgehead atoms. The van der Waals surface area contributed by atoms with E-state index in [2.05, 4.69) is 30.4 Å². The molecule has 0 spiro atoms. The molecular weight excluding hydrogens is 396 g/mol. The smallest absolute Gasteiger partial charge is 0.324 e. The van der Waals surface area contributed by atoms with E-state index >= 15 is 0 Å². The van der Waals surface area contributed by atoms with Crippen molar-refractivity contribution in [1.29, 1.82) is 0 Å². The minimum absolute atomic E-state index is 0.0612. The fourth-order valence-corrected chi connectivity index (χ4v) is 3.59. The number of para-hydroxylation sites is 1. The second kappa shape index (κ2) is 7.64. The van der Waals surface area contributed by atoms with Crippen LogP contribution in [-0.4, -0.2) is 63.4 Å². The summed E-state index contributed by atoms with van der Waals surface area (Å²) in [6.07, 6.45) is 1.57. The Bertz CT molecular complexity index is 1180. The molecule has 1 saturated heterocycles. The maximum atomic E-state index is 12.2. The van der Waals surface area contributed by atoms with Crippen LogP contribution in [0.1, 0.15) is 0 Å². The van der Waals surface area contributed by atoms with E-state index in [0.29, 0.717) is 42.6 Å². The summed E-state index contributed by atoms with van der Waals surface area (Å²) in [6.45, 7) is 2.63. The number of ether oxygens (including phenoxy) is 1. The van der Waals surface area contributed by atoms with Gasteiger partial charge in [-0.15, -0.1) is 15.2 Å². The van der Waals surface area contributed by atoms with E-state index in [4.69, 9.17) is 9.26 Å². The molecule has 0 atom stereocenters. The molecule has 1 N–H and O–H groups in total. The summed E-state index contributed by atoms with van der Waals surface area (Å²) >= 11 is 1.16. The summed E-state index contributed by atoms with van der Waals surface area (Å²) in [6, 6.07) is 7.79. The number of nitrogens with zero attached hydrogens (tertiary/aromatic N) is 7. The average Bonchev–Trinajstić information content (AvgIpc) is 3.37. The van der Waals surface area contributed by atoms with Crippen LogP contribution in [0.4, 0.5) is 5.88 Å². The lowest BCUT2D eigenvalue weighted by Crippen LogP contribution is -2.62. The van der Waals surface area contributed by atoms with Crippen LogP contribution >= 0.6 is 11.8 Å². The van der Waals surface area contributed by atoms with Crippen LogP contribution in [0.3, 0.4) is 0 Å². The number of hydrogen-bond acceptors (Lipinski definition) is 10. The lowest BCUT2D eigenvalue weighted by Gasteiger charge is -2.18. The molecule has 3 aromatic heterocycles. The van der Waals surface area contributed by atoms with Gasteiger partial charge in [0.2, 0.25) is 10.4 Å². The molecule has 0 saturated carbocycles. The van der Waals surface area contributed by atoms with Gasteiger partial charge in [0.1, 0.15) is 5.52 Å². The number of thioether (sulfide) groups is 1. The molecule has 1 aliphatic rings. The predicted molar refractivity (Wildman–Crippen MR) is 102 cm³/mol. The van der Waals surface area contributed by atoms with Gasteiger partial charge >= 0.3 is 5.88 Å². The Balaban J connectivity index is 1.27. The third-order valence-electron chi connectivity index (χ3n) is 4.38. The fraction of sp³-hybridized carbons (Fsp3) is 0.294. The van der Waals surface area contributed by atoms with Gasteiger partial charge in [-0.3, -0.25) is 4.52 Å². The van der Waals surface area contributed by atoms with Gasteiger partial charge in [-0.25, -0.2) is 9.98 Å². The van der Waals surface area contributed by atoms with Crippen molar-refractivity contribution in [2.24, 2.45) is 4.99 Å². The van der Waals surface area contributed by atoms with E-state index in [1.54, 1.807) is 11.0 Å². The first-order chi connectivity index (χ1) is 14.3. The number of fused-ring (bicyclic) bond motifs is 3. The highest BCUT2D eigenvalue weighted by Crippen LogP contribution is 2.23. The van der Waals surface area contributed by atoms with Crippen LogP contribution in [0.15, 0.2) is 45.1 Å². The molecule has 29 heavy (non-hydrogen) atoms. The third kappa shape index (κ3) is 3.71. The van der Waals surface area contributed by atoms with Crippen molar-refractivity contribution in [3.63, 3.8) is 0 Å². The van der Waals surface area contributed by atoms with Gasteiger partial charge in [-0.1, -0.05) is 30.0 Å². The predicted octanol–water partition coefficient (Wildman–Crippen LogP) is -0.0676. The topological polar surface area (TPSA) is 132 Å². The molecule has 11 nitrogen and oxygen atoms in total. The summed E-state index contributed by atoms with van der Waals surface area (Å²) in [7, 11) is 0. The monoisotopic (exact) mass is 412 g/mol. The first-order valence-corrected chi connectivity index (χ1v) is 9.95. The van der Waals surface area contributed by atoms with Gasteiger partial charge in [0.05, 0.1) is 31.1 Å². The number of aromatic amines is 1. The Hall–Kier alpha value is -3.25. The standard InChI is InChI=1S/C17H16N8O3S/c26-13(19-14-9-25(23-28-14)24-5-7-27-8-6-24)10-29-17-20-16-15(21-22-17)11-3-1-2-4-12(11)18-16/h1-4,9H,5-8,10H2,(H-,18,19,20,21,22,23,26). The van der Waals surface area contributed by atoms with Crippen molar-refractivity contribution in [3.8, 4) is 0 Å². The van der Waals surface area contributed by atoms with Crippen molar-refractivity contribution < 1.29 is 19.2 Å². The molecule has 0 radical (unpaired) electrons. The Morgan fingerprint density at radius 1 is 1.28 bits per heavy atom. The number of morpholine rings is 1. The Morgan fingerprint density at radius 2 is 2.14 bits per heavy atom.